The third kappa shape index (κ3) is 6.04. The van der Waals surface area contributed by atoms with E-state index in [2.05, 4.69) is 36.3 Å². The van der Waals surface area contributed by atoms with Crippen molar-refractivity contribution in [1.29, 1.82) is 0 Å². The Morgan fingerprint density at radius 2 is 2.00 bits per heavy atom. The van der Waals surface area contributed by atoms with Gasteiger partial charge >= 0.3 is 10.2 Å². The van der Waals surface area contributed by atoms with E-state index in [1.54, 1.807) is 7.11 Å². The minimum absolute atomic E-state index is 0.104. The minimum Gasteiger partial charge on any atom is -0.431 e. The number of oxazole rings is 1. The predicted molar refractivity (Wildman–Crippen MR) is 115 cm³/mol. The van der Waals surface area contributed by atoms with Crippen molar-refractivity contribution in [3.05, 3.63) is 40.8 Å². The summed E-state index contributed by atoms with van der Waals surface area (Å²) < 4.78 is 36.9. The highest BCUT2D eigenvalue weighted by molar-refractivity contribution is 7.87. The van der Waals surface area contributed by atoms with Crippen molar-refractivity contribution in [2.45, 2.75) is 39.5 Å². The summed E-state index contributed by atoms with van der Waals surface area (Å²) in [5, 5.41) is 3.08. The second kappa shape index (κ2) is 10.1. The van der Waals surface area contributed by atoms with Crippen LogP contribution in [0.4, 0.5) is 11.7 Å². The first-order valence-electron chi connectivity index (χ1n) is 9.64. The maximum Gasteiger partial charge on any atom is 0.303 e. The van der Waals surface area contributed by atoms with Crippen LogP contribution in [0.5, 0.6) is 0 Å². The quantitative estimate of drug-likeness (QED) is 0.548. The number of carbonyl (C=O) groups is 1. The first-order valence-corrected chi connectivity index (χ1v) is 11.1. The maximum absolute atomic E-state index is 12.1. The van der Waals surface area contributed by atoms with E-state index in [4.69, 9.17) is 9.15 Å². The second-order valence-electron chi connectivity index (χ2n) is 7.50. The van der Waals surface area contributed by atoms with Gasteiger partial charge in [0, 0.05) is 33.5 Å². The number of rotatable bonds is 10. The Hall–Kier alpha value is -2.43. The molecule has 2 rings (SSSR count). The number of methoxy groups -OCH3 is 1. The predicted octanol–water partition coefficient (Wildman–Crippen LogP) is 2.97. The van der Waals surface area contributed by atoms with Crippen molar-refractivity contribution in [3.63, 3.8) is 0 Å². The minimum atomic E-state index is -3.91. The number of aromatic nitrogens is 1. The topological polar surface area (TPSA) is 114 Å². The molecule has 1 amide bonds. The molecule has 0 unspecified atom stereocenters. The Balaban J connectivity index is 2.20. The van der Waals surface area contributed by atoms with Crippen LogP contribution in [0.25, 0.3) is 0 Å². The summed E-state index contributed by atoms with van der Waals surface area (Å²) in [6, 6.07) is 4.29. The monoisotopic (exact) mass is 438 g/mol. The first kappa shape index (κ1) is 23.8. The van der Waals surface area contributed by atoms with E-state index >= 15 is 0 Å². The molecule has 0 saturated heterocycles. The van der Waals surface area contributed by atoms with Crippen molar-refractivity contribution in [3.8, 4) is 0 Å². The van der Waals surface area contributed by atoms with Crippen molar-refractivity contribution >= 4 is 27.8 Å². The van der Waals surface area contributed by atoms with E-state index in [9.17, 15) is 13.2 Å². The van der Waals surface area contributed by atoms with Crippen LogP contribution in [0.2, 0.25) is 0 Å². The molecule has 0 fully saturated rings. The lowest BCUT2D eigenvalue weighted by molar-refractivity contribution is 0.0975. The standard InChI is InChI=1S/C20H30N4O5S/c1-13(2)16-11-17(14(3)10-15(16)8-7-9-28-6)21-20-22-18(12-29-20)19(25)23-30(26,27)24(4)5/h10-13H,7-9H2,1-6H3,(H,21,22)(H,23,25). The summed E-state index contributed by atoms with van der Waals surface area (Å²) >= 11 is 0. The number of hydrogen-bond donors (Lipinski definition) is 2. The molecule has 2 N–H and O–H groups in total. The van der Waals surface area contributed by atoms with Crippen LogP contribution in [-0.2, 0) is 21.4 Å². The average Bonchev–Trinajstić information content (AvgIpc) is 3.12. The van der Waals surface area contributed by atoms with E-state index < -0.39 is 16.1 Å². The van der Waals surface area contributed by atoms with Gasteiger partial charge < -0.3 is 14.5 Å². The number of ether oxygens (including phenoxy) is 1. The number of anilines is 2. The fourth-order valence-corrected chi connectivity index (χ4v) is 3.41. The van der Waals surface area contributed by atoms with Crippen LogP contribution in [0.15, 0.2) is 22.8 Å². The molecule has 0 aliphatic heterocycles. The Morgan fingerprint density at radius 3 is 2.60 bits per heavy atom. The molecule has 166 valence electrons. The molecular formula is C20H30N4O5S. The molecule has 9 nitrogen and oxygen atoms in total. The zero-order chi connectivity index (χ0) is 22.5. The third-order valence-electron chi connectivity index (χ3n) is 4.58. The average molecular weight is 439 g/mol. The van der Waals surface area contributed by atoms with Crippen molar-refractivity contribution in [1.82, 2.24) is 14.0 Å². The molecular weight excluding hydrogens is 408 g/mol. The van der Waals surface area contributed by atoms with Crippen molar-refractivity contribution < 1.29 is 22.4 Å². The van der Waals surface area contributed by atoms with E-state index in [1.807, 2.05) is 11.6 Å². The summed E-state index contributed by atoms with van der Waals surface area (Å²) in [4.78, 5) is 16.2. The Labute approximate surface area is 178 Å². The number of aryl methyl sites for hydroxylation is 2. The van der Waals surface area contributed by atoms with Gasteiger partial charge in [0.25, 0.3) is 11.9 Å². The summed E-state index contributed by atoms with van der Waals surface area (Å²) in [6.07, 6.45) is 2.98. The summed E-state index contributed by atoms with van der Waals surface area (Å²) in [5.41, 5.74) is 4.16. The lowest BCUT2D eigenvalue weighted by Crippen LogP contribution is -2.39. The SMILES string of the molecule is COCCCc1cc(C)c(Nc2nc(C(=O)NS(=O)(=O)N(C)C)co2)cc1C(C)C. The number of benzene rings is 1. The molecule has 1 heterocycles. The third-order valence-corrected chi connectivity index (χ3v) is 5.99. The molecule has 0 radical (unpaired) electrons. The fourth-order valence-electron chi connectivity index (χ4n) is 2.89. The zero-order valence-corrected chi connectivity index (χ0v) is 19.1. The van der Waals surface area contributed by atoms with E-state index in [-0.39, 0.29) is 11.7 Å². The molecule has 0 spiro atoms. The van der Waals surface area contributed by atoms with Crippen LogP contribution in [0.3, 0.4) is 0 Å². The van der Waals surface area contributed by atoms with Gasteiger partial charge in [-0.3, -0.25) is 4.79 Å². The zero-order valence-electron chi connectivity index (χ0n) is 18.3. The highest BCUT2D eigenvalue weighted by atomic mass is 32.2. The smallest absolute Gasteiger partial charge is 0.303 e. The van der Waals surface area contributed by atoms with Gasteiger partial charge in [-0.05, 0) is 48.4 Å². The van der Waals surface area contributed by atoms with E-state index in [0.717, 1.165) is 34.7 Å². The number of amides is 1. The molecule has 0 saturated carbocycles. The van der Waals surface area contributed by atoms with E-state index in [1.165, 1.54) is 25.2 Å². The van der Waals surface area contributed by atoms with Crippen LogP contribution in [-0.4, -0.2) is 51.4 Å². The van der Waals surface area contributed by atoms with Gasteiger partial charge in [-0.25, -0.2) is 4.72 Å². The summed E-state index contributed by atoms with van der Waals surface area (Å²) in [6.45, 7) is 6.95. The molecule has 30 heavy (non-hydrogen) atoms. The van der Waals surface area contributed by atoms with Gasteiger partial charge in [0.2, 0.25) is 0 Å². The van der Waals surface area contributed by atoms with Gasteiger partial charge in [0.05, 0.1) is 0 Å². The normalized spacial score (nSPS) is 11.9. The Kier molecular flexibility index (Phi) is 7.99. The van der Waals surface area contributed by atoms with Crippen molar-refractivity contribution in [2.75, 3.05) is 33.1 Å². The molecule has 0 bridgehead atoms. The molecule has 10 heteroatoms. The second-order valence-corrected chi connectivity index (χ2v) is 9.38. The number of hydrogen-bond acceptors (Lipinski definition) is 7. The van der Waals surface area contributed by atoms with Gasteiger partial charge in [-0.15, -0.1) is 0 Å². The Bertz CT molecular complexity index is 983. The first-order chi connectivity index (χ1) is 14.0. The number of carbonyl (C=O) groups excluding carboxylic acids is 1. The van der Waals surface area contributed by atoms with Gasteiger partial charge in [-0.2, -0.15) is 17.7 Å². The molecule has 1 aromatic carbocycles. The lowest BCUT2D eigenvalue weighted by atomic mass is 9.92. The van der Waals surface area contributed by atoms with E-state index in [0.29, 0.717) is 12.5 Å². The van der Waals surface area contributed by atoms with Crippen molar-refractivity contribution in [2.24, 2.45) is 0 Å². The highest BCUT2D eigenvalue weighted by Gasteiger charge is 2.21. The largest absolute Gasteiger partial charge is 0.431 e. The Morgan fingerprint density at radius 1 is 1.30 bits per heavy atom. The molecule has 2 aromatic rings. The van der Waals surface area contributed by atoms with Crippen LogP contribution < -0.4 is 10.0 Å². The number of nitrogens with zero attached hydrogens (tertiary/aromatic N) is 2. The van der Waals surface area contributed by atoms with Crippen LogP contribution in [0, 0.1) is 6.92 Å². The van der Waals surface area contributed by atoms with Crippen LogP contribution in [0.1, 0.15) is 53.4 Å². The molecule has 0 atom stereocenters. The number of nitrogens with one attached hydrogen (secondary N) is 2. The van der Waals surface area contributed by atoms with Gasteiger partial charge in [0.15, 0.2) is 5.69 Å². The highest BCUT2D eigenvalue weighted by Crippen LogP contribution is 2.29. The lowest BCUT2D eigenvalue weighted by Gasteiger charge is -2.17. The molecule has 1 aromatic heterocycles. The van der Waals surface area contributed by atoms with Crippen LogP contribution >= 0.6 is 0 Å². The molecule has 0 aliphatic carbocycles. The maximum atomic E-state index is 12.1. The van der Waals surface area contributed by atoms with Gasteiger partial charge in [-0.1, -0.05) is 19.9 Å². The summed E-state index contributed by atoms with van der Waals surface area (Å²) in [5.74, 6) is -0.542. The fraction of sp³-hybridized carbons (Fsp3) is 0.500. The summed E-state index contributed by atoms with van der Waals surface area (Å²) in [7, 11) is 0.426. The molecule has 0 aliphatic rings. The van der Waals surface area contributed by atoms with Gasteiger partial charge in [0.1, 0.15) is 6.26 Å².